The quantitative estimate of drug-likeness (QED) is 0.670. The summed E-state index contributed by atoms with van der Waals surface area (Å²) in [6.07, 6.45) is 0. The molecule has 0 unspecified atom stereocenters. The van der Waals surface area contributed by atoms with Crippen LogP contribution in [0.2, 0.25) is 0 Å². The van der Waals surface area contributed by atoms with Gasteiger partial charge in [-0.1, -0.05) is 30.3 Å². The van der Waals surface area contributed by atoms with Crippen molar-refractivity contribution in [3.05, 3.63) is 88.3 Å². The molecule has 0 aliphatic carbocycles. The van der Waals surface area contributed by atoms with Crippen molar-refractivity contribution < 1.29 is 18.7 Å². The molecule has 1 aliphatic heterocycles. The fraction of sp³-hybridized carbons (Fsp3) is 0.136. The van der Waals surface area contributed by atoms with Gasteiger partial charge in [0.2, 0.25) is 0 Å². The van der Waals surface area contributed by atoms with Crippen molar-refractivity contribution in [2.45, 2.75) is 13.2 Å². The van der Waals surface area contributed by atoms with Crippen molar-refractivity contribution in [3.63, 3.8) is 0 Å². The highest BCUT2D eigenvalue weighted by molar-refractivity contribution is 5.77. The zero-order valence-electron chi connectivity index (χ0n) is 15.7. The van der Waals surface area contributed by atoms with E-state index in [9.17, 15) is 9.18 Å². The van der Waals surface area contributed by atoms with Crippen molar-refractivity contribution in [2.24, 2.45) is 9.98 Å². The average Bonchev–Trinajstić information content (AvgIpc) is 3.11. The fourth-order valence-electron chi connectivity index (χ4n) is 3.04. The Hall–Kier alpha value is -3.74. The number of ether oxygens (including phenoxy) is 2. The van der Waals surface area contributed by atoms with Gasteiger partial charge in [-0.3, -0.25) is 0 Å². The number of anilines is 1. The summed E-state index contributed by atoms with van der Waals surface area (Å²) in [6.45, 7) is 0.523. The van der Waals surface area contributed by atoms with E-state index in [0.29, 0.717) is 34.3 Å². The lowest BCUT2D eigenvalue weighted by Crippen LogP contribution is -2.21. The molecule has 0 aromatic heterocycles. The molecular weight excluding hydrogens is 373 g/mol. The molecule has 0 saturated heterocycles. The first-order chi connectivity index (χ1) is 14.1. The summed E-state index contributed by atoms with van der Waals surface area (Å²) in [5.41, 5.74) is 2.10. The number of hydrogen-bond acceptors (Lipinski definition) is 4. The molecule has 0 radical (unpaired) electrons. The van der Waals surface area contributed by atoms with Gasteiger partial charge in [0.25, 0.3) is 0 Å². The first kappa shape index (κ1) is 18.6. The summed E-state index contributed by atoms with van der Waals surface area (Å²) >= 11 is 0. The van der Waals surface area contributed by atoms with Crippen LogP contribution in [0.3, 0.4) is 0 Å². The number of carbonyl (C=O) groups excluding carboxylic acids is 1. The van der Waals surface area contributed by atoms with E-state index in [1.807, 2.05) is 18.2 Å². The van der Waals surface area contributed by atoms with Crippen molar-refractivity contribution in [2.75, 3.05) is 12.4 Å². The molecule has 29 heavy (non-hydrogen) atoms. The fourth-order valence-corrected chi connectivity index (χ4v) is 3.04. The van der Waals surface area contributed by atoms with Gasteiger partial charge in [-0.05, 0) is 30.3 Å². The third-order valence-electron chi connectivity index (χ3n) is 4.50. The van der Waals surface area contributed by atoms with Gasteiger partial charge in [-0.15, -0.1) is 0 Å². The first-order valence-electron chi connectivity index (χ1n) is 9.01. The van der Waals surface area contributed by atoms with Crippen LogP contribution < -0.4 is 25.5 Å². The first-order valence-corrected chi connectivity index (χ1v) is 9.01. The Morgan fingerprint density at radius 1 is 0.966 bits per heavy atom. The molecule has 3 aromatic carbocycles. The number of carbonyl (C=O) groups is 1. The van der Waals surface area contributed by atoms with Gasteiger partial charge in [-0.25, -0.2) is 9.18 Å². The van der Waals surface area contributed by atoms with E-state index in [-0.39, 0.29) is 12.4 Å². The third kappa shape index (κ3) is 4.08. The van der Waals surface area contributed by atoms with Gasteiger partial charge in [0.05, 0.1) is 17.8 Å². The van der Waals surface area contributed by atoms with Crippen LogP contribution in [0.1, 0.15) is 11.1 Å². The average molecular weight is 391 g/mol. The standard InChI is InChI=1S/C22H18FN3O3/c1-28-20-8-4-6-14(21(20)29-13-15-5-2-3-7-17(15)23)12-24-16-9-10-18-19(11-16)26-22(27)25-18/h2-11,24H,12-13H2,1H3. The molecule has 146 valence electrons. The van der Waals surface area contributed by atoms with Gasteiger partial charge in [-0.2, -0.15) is 9.98 Å². The van der Waals surface area contributed by atoms with E-state index in [1.54, 1.807) is 43.5 Å². The number of para-hydroxylation sites is 1. The molecule has 6 nitrogen and oxygen atoms in total. The monoisotopic (exact) mass is 391 g/mol. The minimum Gasteiger partial charge on any atom is -0.493 e. The number of rotatable bonds is 7. The van der Waals surface area contributed by atoms with Crippen LogP contribution in [0, 0.1) is 5.82 Å². The maximum absolute atomic E-state index is 13.9. The van der Waals surface area contributed by atoms with E-state index in [1.165, 1.54) is 6.07 Å². The topological polar surface area (TPSA) is 72.3 Å². The summed E-state index contributed by atoms with van der Waals surface area (Å²) in [6, 6.07) is 16.9. The van der Waals surface area contributed by atoms with Crippen LogP contribution in [-0.4, -0.2) is 13.1 Å². The number of amides is 2. The minimum atomic E-state index is -0.492. The number of halogens is 1. The van der Waals surface area contributed by atoms with Crippen molar-refractivity contribution in [3.8, 4) is 11.5 Å². The van der Waals surface area contributed by atoms with Crippen molar-refractivity contribution >= 4 is 11.7 Å². The second kappa shape index (κ2) is 8.10. The number of urea groups is 1. The molecule has 1 N–H and O–H groups in total. The minimum absolute atomic E-state index is 0.0847. The number of fused-ring (bicyclic) bond motifs is 1. The summed E-state index contributed by atoms with van der Waals surface area (Å²) < 4.78 is 25.3. The van der Waals surface area contributed by atoms with Gasteiger partial charge < -0.3 is 14.8 Å². The SMILES string of the molecule is COc1cccc(CNc2ccc3c(c2)=NC(=O)N=3)c1OCc1ccccc1F. The van der Waals surface area contributed by atoms with Crippen LogP contribution in [0.15, 0.2) is 70.6 Å². The smallest absolute Gasteiger partial charge is 0.368 e. The van der Waals surface area contributed by atoms with Crippen molar-refractivity contribution in [1.82, 2.24) is 0 Å². The van der Waals surface area contributed by atoms with Crippen molar-refractivity contribution in [1.29, 1.82) is 0 Å². The Bertz CT molecular complexity index is 1190. The Morgan fingerprint density at radius 2 is 1.76 bits per heavy atom. The van der Waals surface area contributed by atoms with Crippen LogP contribution in [0.25, 0.3) is 0 Å². The lowest BCUT2D eigenvalue weighted by Gasteiger charge is -2.16. The Kier molecular flexibility index (Phi) is 5.20. The second-order valence-electron chi connectivity index (χ2n) is 6.39. The van der Waals surface area contributed by atoms with E-state index in [2.05, 4.69) is 15.3 Å². The Balaban J connectivity index is 1.54. The second-order valence-corrected chi connectivity index (χ2v) is 6.39. The van der Waals surface area contributed by atoms with E-state index in [4.69, 9.17) is 9.47 Å². The normalized spacial score (nSPS) is 12.0. The molecule has 0 fully saturated rings. The maximum Gasteiger partial charge on any atom is 0.368 e. The highest BCUT2D eigenvalue weighted by Gasteiger charge is 2.13. The molecule has 1 aliphatic rings. The molecule has 3 aromatic rings. The zero-order valence-corrected chi connectivity index (χ0v) is 15.7. The number of hydrogen-bond donors (Lipinski definition) is 1. The summed E-state index contributed by atoms with van der Waals surface area (Å²) in [4.78, 5) is 19.0. The van der Waals surface area contributed by atoms with Gasteiger partial charge in [0, 0.05) is 23.4 Å². The van der Waals surface area contributed by atoms with Crippen LogP contribution >= 0.6 is 0 Å². The Labute approximate surface area is 166 Å². The summed E-state index contributed by atoms with van der Waals surface area (Å²) in [5.74, 6) is 0.791. The molecule has 7 heteroatoms. The number of nitrogens with zero attached hydrogens (tertiary/aromatic N) is 2. The van der Waals surface area contributed by atoms with Gasteiger partial charge >= 0.3 is 6.03 Å². The summed E-state index contributed by atoms with van der Waals surface area (Å²) in [5, 5.41) is 4.39. The molecule has 0 bridgehead atoms. The van der Waals surface area contributed by atoms with Crippen LogP contribution in [-0.2, 0) is 13.2 Å². The highest BCUT2D eigenvalue weighted by Crippen LogP contribution is 2.32. The lowest BCUT2D eigenvalue weighted by atomic mass is 10.1. The third-order valence-corrected chi connectivity index (χ3v) is 4.50. The van der Waals surface area contributed by atoms with Gasteiger partial charge in [0.1, 0.15) is 12.4 Å². The Morgan fingerprint density at radius 3 is 2.59 bits per heavy atom. The number of nitrogens with one attached hydrogen (secondary N) is 1. The molecule has 2 amide bonds. The predicted molar refractivity (Wildman–Crippen MR) is 105 cm³/mol. The number of methoxy groups -OCH3 is 1. The molecule has 4 rings (SSSR count). The van der Waals surface area contributed by atoms with Gasteiger partial charge in [0.15, 0.2) is 11.5 Å². The largest absolute Gasteiger partial charge is 0.493 e. The highest BCUT2D eigenvalue weighted by atomic mass is 19.1. The molecule has 0 saturated carbocycles. The predicted octanol–water partition coefficient (Wildman–Crippen LogP) is 3.40. The summed E-state index contributed by atoms with van der Waals surface area (Å²) in [7, 11) is 1.56. The van der Waals surface area contributed by atoms with E-state index < -0.39 is 6.03 Å². The molecule has 0 spiro atoms. The van der Waals surface area contributed by atoms with Crippen LogP contribution in [0.4, 0.5) is 14.9 Å². The lowest BCUT2D eigenvalue weighted by molar-refractivity contribution is 0.256. The maximum atomic E-state index is 13.9. The van der Waals surface area contributed by atoms with E-state index in [0.717, 1.165) is 11.3 Å². The number of benzene rings is 3. The zero-order chi connectivity index (χ0) is 20.2. The molecule has 1 heterocycles. The van der Waals surface area contributed by atoms with E-state index >= 15 is 0 Å². The van der Waals surface area contributed by atoms with Crippen LogP contribution in [0.5, 0.6) is 11.5 Å². The molecule has 0 atom stereocenters. The molecular formula is C22H18FN3O3.